The van der Waals surface area contributed by atoms with E-state index in [9.17, 15) is 14.3 Å². The molecule has 2 rings (SSSR count). The van der Waals surface area contributed by atoms with E-state index in [-0.39, 0.29) is 36.2 Å². The van der Waals surface area contributed by atoms with Gasteiger partial charge in [-0.2, -0.15) is 0 Å². The Balaban J connectivity index is 2.19. The molecule has 6 nitrogen and oxygen atoms in total. The number of carbonyl (C=O) groups excluding carboxylic acids is 1. The second-order valence-corrected chi connectivity index (χ2v) is 4.71. The van der Waals surface area contributed by atoms with Crippen molar-refractivity contribution in [2.24, 2.45) is 10.9 Å². The highest BCUT2D eigenvalue weighted by molar-refractivity contribution is 5.97. The largest absolute Gasteiger partial charge is 0.507 e. The number of amides is 1. The summed E-state index contributed by atoms with van der Waals surface area (Å²) in [6.07, 6.45) is 1.85. The van der Waals surface area contributed by atoms with Crippen LogP contribution >= 0.6 is 0 Å². The van der Waals surface area contributed by atoms with E-state index in [1.54, 1.807) is 0 Å². The number of nitrogens with zero attached hydrogens (tertiary/aromatic N) is 2. The summed E-state index contributed by atoms with van der Waals surface area (Å²) in [4.78, 5) is 13.8. The molecular formula is C13H16FN3O3. The Morgan fingerprint density at radius 3 is 2.75 bits per heavy atom. The number of rotatable bonds is 5. The molecule has 1 aliphatic carbocycles. The lowest BCUT2D eigenvalue weighted by atomic mass is 10.1. The molecule has 0 atom stereocenters. The van der Waals surface area contributed by atoms with Gasteiger partial charge < -0.3 is 20.9 Å². The summed E-state index contributed by atoms with van der Waals surface area (Å²) in [5, 5.41) is 21.0. The first-order valence-corrected chi connectivity index (χ1v) is 6.29. The fourth-order valence-electron chi connectivity index (χ4n) is 1.99. The second-order valence-electron chi connectivity index (χ2n) is 4.71. The van der Waals surface area contributed by atoms with Crippen molar-refractivity contribution in [3.63, 3.8) is 0 Å². The van der Waals surface area contributed by atoms with Crippen LogP contribution in [-0.2, 0) is 0 Å². The van der Waals surface area contributed by atoms with Crippen LogP contribution in [0.1, 0.15) is 29.6 Å². The van der Waals surface area contributed by atoms with Gasteiger partial charge in [0.25, 0.3) is 5.91 Å². The predicted molar refractivity (Wildman–Crippen MR) is 70.1 cm³/mol. The van der Waals surface area contributed by atoms with Crippen LogP contribution in [0.4, 0.5) is 4.39 Å². The molecular weight excluding hydrogens is 265 g/mol. The van der Waals surface area contributed by atoms with Crippen LogP contribution in [0, 0.1) is 5.82 Å². The smallest absolute Gasteiger partial charge is 0.260 e. The second kappa shape index (κ2) is 5.77. The number of phenols is 1. The van der Waals surface area contributed by atoms with E-state index in [0.717, 1.165) is 18.9 Å². The lowest BCUT2D eigenvalue weighted by Gasteiger charge is -2.22. The number of amidine groups is 1. The Kier molecular flexibility index (Phi) is 4.07. The van der Waals surface area contributed by atoms with Crippen LogP contribution in [-0.4, -0.2) is 39.5 Å². The molecule has 0 unspecified atom stereocenters. The molecule has 4 N–H and O–H groups in total. The molecule has 0 radical (unpaired) electrons. The molecule has 0 heterocycles. The molecule has 1 saturated carbocycles. The van der Waals surface area contributed by atoms with Crippen molar-refractivity contribution in [3.05, 3.63) is 29.6 Å². The van der Waals surface area contributed by atoms with Gasteiger partial charge in [0.1, 0.15) is 23.0 Å². The molecule has 0 aliphatic heterocycles. The van der Waals surface area contributed by atoms with Crippen LogP contribution in [0.25, 0.3) is 0 Å². The highest BCUT2D eigenvalue weighted by atomic mass is 19.1. The molecule has 0 saturated heterocycles. The number of phenolic OH excluding ortho intramolecular Hbond substituents is 1. The fourth-order valence-corrected chi connectivity index (χ4v) is 1.99. The summed E-state index contributed by atoms with van der Waals surface area (Å²) in [6, 6.07) is 3.75. The minimum absolute atomic E-state index is 0.00112. The Morgan fingerprint density at radius 1 is 1.50 bits per heavy atom. The van der Waals surface area contributed by atoms with Gasteiger partial charge in [-0.1, -0.05) is 11.2 Å². The molecule has 7 heteroatoms. The molecule has 1 fully saturated rings. The standard InChI is InChI=1S/C13H16FN3O3/c14-9-2-1-3-10(18)12(9)13(19)17(8-4-5-8)7-6-11(15)16-20/h1-3,8,18,20H,4-7H2,(H2,15,16). The van der Waals surface area contributed by atoms with Gasteiger partial charge in [0.05, 0.1) is 0 Å². The van der Waals surface area contributed by atoms with Crippen molar-refractivity contribution in [2.45, 2.75) is 25.3 Å². The maximum absolute atomic E-state index is 13.7. The number of oxime groups is 1. The van der Waals surface area contributed by atoms with E-state index in [0.29, 0.717) is 0 Å². The first kappa shape index (κ1) is 14.1. The molecule has 0 bridgehead atoms. The maximum Gasteiger partial charge on any atom is 0.260 e. The maximum atomic E-state index is 13.7. The molecule has 1 aliphatic rings. The van der Waals surface area contributed by atoms with E-state index in [1.807, 2.05) is 0 Å². The summed E-state index contributed by atoms with van der Waals surface area (Å²) < 4.78 is 13.7. The van der Waals surface area contributed by atoms with Gasteiger partial charge in [-0.05, 0) is 25.0 Å². The number of carbonyl (C=O) groups is 1. The summed E-state index contributed by atoms with van der Waals surface area (Å²) in [5.74, 6) is -1.72. The summed E-state index contributed by atoms with van der Waals surface area (Å²) in [5.41, 5.74) is 5.04. The zero-order valence-corrected chi connectivity index (χ0v) is 10.8. The number of aromatic hydroxyl groups is 1. The lowest BCUT2D eigenvalue weighted by molar-refractivity contribution is 0.0739. The first-order chi connectivity index (χ1) is 9.54. The Labute approximate surface area is 115 Å². The van der Waals surface area contributed by atoms with E-state index in [1.165, 1.54) is 17.0 Å². The Hall–Kier alpha value is -2.31. The minimum Gasteiger partial charge on any atom is -0.507 e. The third kappa shape index (κ3) is 2.98. The van der Waals surface area contributed by atoms with Gasteiger partial charge in [-0.3, -0.25) is 4.79 Å². The van der Waals surface area contributed by atoms with Crippen molar-refractivity contribution < 1.29 is 19.5 Å². The highest BCUT2D eigenvalue weighted by Crippen LogP contribution is 2.31. The number of benzene rings is 1. The minimum atomic E-state index is -0.760. The van der Waals surface area contributed by atoms with Gasteiger partial charge in [0.15, 0.2) is 0 Å². The molecule has 1 aromatic carbocycles. The summed E-state index contributed by atoms with van der Waals surface area (Å²) in [7, 11) is 0. The summed E-state index contributed by atoms with van der Waals surface area (Å²) >= 11 is 0. The zero-order valence-electron chi connectivity index (χ0n) is 10.8. The first-order valence-electron chi connectivity index (χ1n) is 6.29. The molecule has 0 aromatic heterocycles. The quantitative estimate of drug-likeness (QED) is 0.327. The van der Waals surface area contributed by atoms with Crippen LogP contribution in [0.15, 0.2) is 23.4 Å². The van der Waals surface area contributed by atoms with Crippen molar-refractivity contribution in [2.75, 3.05) is 6.54 Å². The third-order valence-electron chi connectivity index (χ3n) is 3.19. The average molecular weight is 281 g/mol. The average Bonchev–Trinajstić information content (AvgIpc) is 3.23. The summed E-state index contributed by atoms with van der Waals surface area (Å²) in [6.45, 7) is 0.215. The van der Waals surface area contributed by atoms with Crippen molar-refractivity contribution >= 4 is 11.7 Å². The van der Waals surface area contributed by atoms with Crippen LogP contribution < -0.4 is 5.73 Å². The number of hydrogen-bond donors (Lipinski definition) is 3. The van der Waals surface area contributed by atoms with Crippen LogP contribution in [0.5, 0.6) is 5.75 Å². The van der Waals surface area contributed by atoms with Gasteiger partial charge in [0.2, 0.25) is 0 Å². The van der Waals surface area contributed by atoms with E-state index in [2.05, 4.69) is 5.16 Å². The van der Waals surface area contributed by atoms with Crippen molar-refractivity contribution in [3.8, 4) is 5.75 Å². The molecule has 1 aromatic rings. The van der Waals surface area contributed by atoms with Gasteiger partial charge in [-0.15, -0.1) is 0 Å². The highest BCUT2D eigenvalue weighted by Gasteiger charge is 2.34. The lowest BCUT2D eigenvalue weighted by Crippen LogP contribution is -2.36. The van der Waals surface area contributed by atoms with E-state index >= 15 is 0 Å². The molecule has 108 valence electrons. The SMILES string of the molecule is N/C(CCN(C(=O)c1c(O)cccc1F)C1CC1)=N/O. The zero-order chi connectivity index (χ0) is 14.7. The normalized spacial score (nSPS) is 15.2. The van der Waals surface area contributed by atoms with E-state index < -0.39 is 11.7 Å². The monoisotopic (exact) mass is 281 g/mol. The van der Waals surface area contributed by atoms with Crippen molar-refractivity contribution in [1.29, 1.82) is 0 Å². The van der Waals surface area contributed by atoms with Gasteiger partial charge in [-0.25, -0.2) is 4.39 Å². The number of hydrogen-bond acceptors (Lipinski definition) is 4. The van der Waals surface area contributed by atoms with Gasteiger partial charge >= 0.3 is 0 Å². The third-order valence-corrected chi connectivity index (χ3v) is 3.19. The molecule has 20 heavy (non-hydrogen) atoms. The van der Waals surface area contributed by atoms with Gasteiger partial charge in [0, 0.05) is 19.0 Å². The van der Waals surface area contributed by atoms with Crippen molar-refractivity contribution in [1.82, 2.24) is 4.90 Å². The number of nitrogens with two attached hydrogens (primary N) is 1. The van der Waals surface area contributed by atoms with Crippen LogP contribution in [0.3, 0.4) is 0 Å². The number of halogens is 1. The van der Waals surface area contributed by atoms with Crippen LogP contribution in [0.2, 0.25) is 0 Å². The topological polar surface area (TPSA) is 99.2 Å². The Morgan fingerprint density at radius 2 is 2.20 bits per heavy atom. The van der Waals surface area contributed by atoms with E-state index in [4.69, 9.17) is 10.9 Å². The molecule has 0 spiro atoms. The Bertz CT molecular complexity index is 523. The predicted octanol–water partition coefficient (Wildman–Crippen LogP) is 1.27. The molecule has 1 amide bonds. The fraction of sp³-hybridized carbons (Fsp3) is 0.385.